The van der Waals surface area contributed by atoms with Crippen molar-refractivity contribution in [2.75, 3.05) is 27.2 Å². The van der Waals surface area contributed by atoms with E-state index in [9.17, 15) is 9.50 Å². The summed E-state index contributed by atoms with van der Waals surface area (Å²) in [4.78, 5) is 12.7. The van der Waals surface area contributed by atoms with Gasteiger partial charge < -0.3 is 15.0 Å². The van der Waals surface area contributed by atoms with Gasteiger partial charge >= 0.3 is 0 Å². The van der Waals surface area contributed by atoms with E-state index in [1.807, 2.05) is 42.5 Å². The molecule has 180 valence electrons. The van der Waals surface area contributed by atoms with Gasteiger partial charge in [-0.2, -0.15) is 0 Å². The molecule has 0 aliphatic carbocycles. The average molecular weight is 471 g/mol. The Hall–Kier alpha value is -3.48. The maximum atomic E-state index is 13.8. The van der Waals surface area contributed by atoms with Crippen LogP contribution >= 0.6 is 0 Å². The summed E-state index contributed by atoms with van der Waals surface area (Å²) in [7, 11) is 4.33. The van der Waals surface area contributed by atoms with Crippen molar-refractivity contribution in [2.24, 2.45) is 4.99 Å². The second kappa shape index (κ2) is 10.0. The number of fused-ring (bicyclic) bond motifs is 1. The van der Waals surface area contributed by atoms with Crippen LogP contribution in [0.4, 0.5) is 10.1 Å². The van der Waals surface area contributed by atoms with Crippen LogP contribution in [0.1, 0.15) is 29.5 Å². The fourth-order valence-corrected chi connectivity index (χ4v) is 4.91. The van der Waals surface area contributed by atoms with E-state index in [1.165, 1.54) is 30.5 Å². The summed E-state index contributed by atoms with van der Waals surface area (Å²) >= 11 is 0. The van der Waals surface area contributed by atoms with E-state index in [-0.39, 0.29) is 11.7 Å². The number of likely N-dealkylation sites (tertiary alicyclic amines) is 1. The predicted octanol–water partition coefficient (Wildman–Crippen LogP) is 5.71. The number of aliphatic imine (C=N–C) groups is 1. The van der Waals surface area contributed by atoms with E-state index in [2.05, 4.69) is 41.0 Å². The van der Waals surface area contributed by atoms with E-state index in [1.54, 1.807) is 6.07 Å². The number of nitrogens with zero attached hydrogens (tertiary/aromatic N) is 3. The molecule has 5 rings (SSSR count). The molecule has 0 spiro atoms. The summed E-state index contributed by atoms with van der Waals surface area (Å²) < 4.78 is 13.8. The molecule has 1 aromatic heterocycles. The number of aromatic hydroxyl groups is 1. The summed E-state index contributed by atoms with van der Waals surface area (Å²) in [6.07, 6.45) is 2.40. The summed E-state index contributed by atoms with van der Waals surface area (Å²) in [5, 5.41) is 11.5. The van der Waals surface area contributed by atoms with Gasteiger partial charge in [0.05, 0.1) is 22.5 Å². The van der Waals surface area contributed by atoms with Gasteiger partial charge in [-0.25, -0.2) is 9.38 Å². The Morgan fingerprint density at radius 2 is 1.74 bits per heavy atom. The maximum absolute atomic E-state index is 13.8. The monoisotopic (exact) mass is 470 g/mol. The molecule has 4 aromatic rings. The molecule has 0 saturated carbocycles. The molecule has 1 aliphatic heterocycles. The van der Waals surface area contributed by atoms with Crippen LogP contribution in [0.25, 0.3) is 10.9 Å². The van der Waals surface area contributed by atoms with Gasteiger partial charge in [-0.1, -0.05) is 42.5 Å². The molecular weight excluding hydrogens is 439 g/mol. The number of rotatable bonds is 6. The van der Waals surface area contributed by atoms with Crippen LogP contribution in [0.2, 0.25) is 0 Å². The topological polar surface area (TPSA) is 54.9 Å². The van der Waals surface area contributed by atoms with E-state index >= 15 is 0 Å². The first-order valence-corrected chi connectivity index (χ1v) is 12.1. The predicted molar refractivity (Wildman–Crippen MR) is 140 cm³/mol. The van der Waals surface area contributed by atoms with Crippen molar-refractivity contribution in [1.29, 1.82) is 0 Å². The number of piperidine rings is 1. The fourth-order valence-electron chi connectivity index (χ4n) is 4.91. The minimum Gasteiger partial charge on any atom is -0.494 e. The first-order valence-electron chi connectivity index (χ1n) is 12.1. The zero-order valence-electron chi connectivity index (χ0n) is 20.2. The Kier molecular flexibility index (Phi) is 6.66. The number of aromatic amines is 1. The Morgan fingerprint density at radius 1 is 1.03 bits per heavy atom. The van der Waals surface area contributed by atoms with Crippen molar-refractivity contribution in [2.45, 2.75) is 25.4 Å². The molecule has 0 amide bonds. The number of halogens is 1. The Labute approximate surface area is 205 Å². The fraction of sp³-hybridized carbons (Fsp3) is 0.276. The largest absolute Gasteiger partial charge is 0.494 e. The lowest BCUT2D eigenvalue weighted by Crippen LogP contribution is -2.41. The normalized spacial score (nSPS) is 15.8. The summed E-state index contributed by atoms with van der Waals surface area (Å²) in [6.45, 7) is 3.16. The highest BCUT2D eigenvalue weighted by molar-refractivity contribution is 6.21. The number of nitrogens with one attached hydrogen (secondary N) is 1. The van der Waals surface area contributed by atoms with Crippen LogP contribution in [0.3, 0.4) is 0 Å². The Bertz CT molecular complexity index is 1320. The van der Waals surface area contributed by atoms with Crippen LogP contribution in [0.15, 0.2) is 77.8 Å². The minimum absolute atomic E-state index is 0.0223. The standard InChI is InChI=1S/C29H31FN4O/c1-33(2)24-14-16-34(17-15-24)19-20-8-11-23(12-9-20)31-28(21-6-4-3-5-7-21)27-25-13-10-22(30)18-26(25)32-29(27)35/h3-13,18,24,32,35H,14-17,19H2,1-2H3. The molecule has 2 heterocycles. The first-order chi connectivity index (χ1) is 17.0. The average Bonchev–Trinajstić information content (AvgIpc) is 3.19. The molecule has 6 heteroatoms. The second-order valence-corrected chi connectivity index (χ2v) is 9.50. The van der Waals surface area contributed by atoms with Crippen molar-refractivity contribution in [3.05, 3.63) is 95.3 Å². The van der Waals surface area contributed by atoms with Gasteiger partial charge in [-0.15, -0.1) is 0 Å². The number of H-pyrrole nitrogens is 1. The van der Waals surface area contributed by atoms with Crippen LogP contribution < -0.4 is 0 Å². The Balaban J connectivity index is 1.43. The van der Waals surface area contributed by atoms with Gasteiger partial charge in [0, 0.05) is 23.5 Å². The lowest BCUT2D eigenvalue weighted by atomic mass is 10.0. The van der Waals surface area contributed by atoms with Gasteiger partial charge in [0.25, 0.3) is 0 Å². The third-order valence-electron chi connectivity index (χ3n) is 6.90. The Morgan fingerprint density at radius 3 is 2.43 bits per heavy atom. The van der Waals surface area contributed by atoms with Crippen molar-refractivity contribution in [1.82, 2.24) is 14.8 Å². The molecule has 0 atom stereocenters. The molecule has 5 nitrogen and oxygen atoms in total. The SMILES string of the molecule is CN(C)C1CCN(Cc2ccc(N=C(c3ccccc3)c3c(O)[nH]c4cc(F)ccc34)cc2)CC1. The molecule has 0 radical (unpaired) electrons. The van der Waals surface area contributed by atoms with E-state index in [0.29, 0.717) is 22.8 Å². The third kappa shape index (κ3) is 5.14. The lowest BCUT2D eigenvalue weighted by Gasteiger charge is -2.35. The van der Waals surface area contributed by atoms with Crippen LogP contribution in [0.5, 0.6) is 5.88 Å². The summed E-state index contributed by atoms with van der Waals surface area (Å²) in [5.41, 5.74) is 4.68. The summed E-state index contributed by atoms with van der Waals surface area (Å²) in [6, 6.07) is 23.2. The van der Waals surface area contributed by atoms with Crippen molar-refractivity contribution in [3.63, 3.8) is 0 Å². The van der Waals surface area contributed by atoms with Crippen LogP contribution in [-0.4, -0.2) is 58.8 Å². The lowest BCUT2D eigenvalue weighted by molar-refractivity contribution is 0.140. The van der Waals surface area contributed by atoms with E-state index in [4.69, 9.17) is 4.99 Å². The van der Waals surface area contributed by atoms with Crippen molar-refractivity contribution in [3.8, 4) is 5.88 Å². The van der Waals surface area contributed by atoms with E-state index < -0.39 is 0 Å². The van der Waals surface area contributed by atoms with Crippen molar-refractivity contribution >= 4 is 22.3 Å². The van der Waals surface area contributed by atoms with Crippen molar-refractivity contribution < 1.29 is 9.50 Å². The first kappa shape index (κ1) is 23.3. The third-order valence-corrected chi connectivity index (χ3v) is 6.90. The number of hydrogen-bond donors (Lipinski definition) is 2. The molecule has 3 aromatic carbocycles. The van der Waals surface area contributed by atoms with Gasteiger partial charge in [0.2, 0.25) is 0 Å². The smallest absolute Gasteiger partial charge is 0.199 e. The molecule has 1 saturated heterocycles. The number of benzene rings is 3. The maximum Gasteiger partial charge on any atom is 0.199 e. The minimum atomic E-state index is -0.356. The van der Waals surface area contributed by atoms with Crippen LogP contribution in [-0.2, 0) is 6.54 Å². The van der Waals surface area contributed by atoms with Gasteiger partial charge in [0.1, 0.15) is 5.82 Å². The van der Waals surface area contributed by atoms with Gasteiger partial charge in [0.15, 0.2) is 5.88 Å². The quantitative estimate of drug-likeness (QED) is 0.355. The highest BCUT2D eigenvalue weighted by Crippen LogP contribution is 2.32. The highest BCUT2D eigenvalue weighted by Gasteiger charge is 2.21. The molecular formula is C29H31FN4O. The molecule has 0 unspecified atom stereocenters. The summed E-state index contributed by atoms with van der Waals surface area (Å²) in [5.74, 6) is -0.379. The zero-order chi connectivity index (χ0) is 24.4. The zero-order valence-corrected chi connectivity index (χ0v) is 20.2. The number of aromatic nitrogens is 1. The molecule has 35 heavy (non-hydrogen) atoms. The van der Waals surface area contributed by atoms with Gasteiger partial charge in [-0.05, 0) is 75.9 Å². The second-order valence-electron chi connectivity index (χ2n) is 9.50. The molecule has 2 N–H and O–H groups in total. The van der Waals surface area contributed by atoms with E-state index in [0.717, 1.165) is 36.3 Å². The van der Waals surface area contributed by atoms with Gasteiger partial charge in [-0.3, -0.25) is 4.90 Å². The molecule has 1 fully saturated rings. The molecule has 0 bridgehead atoms. The molecule has 1 aliphatic rings. The number of hydrogen-bond acceptors (Lipinski definition) is 4. The van der Waals surface area contributed by atoms with Crippen LogP contribution in [0, 0.1) is 5.82 Å². The highest BCUT2D eigenvalue weighted by atomic mass is 19.1.